The van der Waals surface area contributed by atoms with Crippen LogP contribution in [0.4, 0.5) is 5.69 Å². The van der Waals surface area contributed by atoms with Crippen LogP contribution in [0.2, 0.25) is 0 Å². The van der Waals surface area contributed by atoms with E-state index in [1.165, 1.54) is 4.90 Å². The number of allylic oxidation sites excluding steroid dienone is 2. The molecule has 2 bridgehead atoms. The van der Waals surface area contributed by atoms with Crippen LogP contribution in [0.3, 0.4) is 0 Å². The summed E-state index contributed by atoms with van der Waals surface area (Å²) in [6.45, 7) is 3.86. The Bertz CT molecular complexity index is 1210. The Balaban J connectivity index is 1.36. The van der Waals surface area contributed by atoms with Gasteiger partial charge in [0, 0.05) is 11.3 Å². The van der Waals surface area contributed by atoms with Gasteiger partial charge in [0.05, 0.1) is 18.9 Å². The number of likely N-dealkylation sites (tertiary alicyclic amines) is 1. The van der Waals surface area contributed by atoms with Crippen LogP contribution < -0.4 is 9.64 Å². The molecule has 6 atom stereocenters. The second kappa shape index (κ2) is 7.55. The topological polar surface area (TPSA) is 66.9 Å². The molecular weight excluding hydrogens is 428 g/mol. The van der Waals surface area contributed by atoms with Crippen molar-refractivity contribution < 1.29 is 19.1 Å². The van der Waals surface area contributed by atoms with Crippen molar-refractivity contribution in [1.29, 1.82) is 0 Å². The van der Waals surface area contributed by atoms with Crippen molar-refractivity contribution in [2.45, 2.75) is 20.3 Å². The van der Waals surface area contributed by atoms with Crippen molar-refractivity contribution >= 4 is 23.4 Å². The molecule has 4 aliphatic carbocycles. The van der Waals surface area contributed by atoms with Crippen LogP contribution in [0.1, 0.15) is 27.9 Å². The smallest absolute Gasteiger partial charge is 0.259 e. The highest BCUT2D eigenvalue weighted by atomic mass is 16.5. The van der Waals surface area contributed by atoms with E-state index in [0.29, 0.717) is 28.8 Å². The van der Waals surface area contributed by atoms with Crippen LogP contribution in [0.15, 0.2) is 54.6 Å². The summed E-state index contributed by atoms with van der Waals surface area (Å²) in [4.78, 5) is 43.8. The lowest BCUT2D eigenvalue weighted by Gasteiger charge is -2.37. The normalized spacial score (nSPS) is 30.3. The quantitative estimate of drug-likeness (QED) is 0.504. The first-order valence-corrected chi connectivity index (χ1v) is 12.0. The number of carbonyl (C=O) groups is 3. The molecule has 6 heteroatoms. The van der Waals surface area contributed by atoms with Gasteiger partial charge in [-0.15, -0.1) is 0 Å². The molecular formula is C28H28N2O4. The lowest BCUT2D eigenvalue weighted by atomic mass is 9.63. The molecule has 0 aromatic heterocycles. The predicted octanol–water partition coefficient (Wildman–Crippen LogP) is 3.97. The molecule has 0 radical (unpaired) electrons. The van der Waals surface area contributed by atoms with Crippen molar-refractivity contribution in [2.24, 2.45) is 35.5 Å². The first-order chi connectivity index (χ1) is 16.4. The lowest BCUT2D eigenvalue weighted by Crippen LogP contribution is -2.45. The molecule has 2 aromatic rings. The summed E-state index contributed by atoms with van der Waals surface area (Å²) >= 11 is 0. The molecule has 6 unspecified atom stereocenters. The third-order valence-electron chi connectivity index (χ3n) is 8.24. The number of hydrogen-bond acceptors (Lipinski definition) is 4. The Morgan fingerprint density at radius 1 is 1.00 bits per heavy atom. The Kier molecular flexibility index (Phi) is 4.70. The summed E-state index contributed by atoms with van der Waals surface area (Å²) in [6.07, 6.45) is 5.45. The summed E-state index contributed by atoms with van der Waals surface area (Å²) in [7, 11) is 1.56. The molecule has 0 N–H and O–H groups in total. The molecule has 34 heavy (non-hydrogen) atoms. The monoisotopic (exact) mass is 456 g/mol. The highest BCUT2D eigenvalue weighted by Gasteiger charge is 2.67. The number of aryl methyl sites for hydroxylation is 2. The number of imide groups is 1. The number of hydrogen-bond donors (Lipinski definition) is 0. The van der Waals surface area contributed by atoms with E-state index in [9.17, 15) is 14.4 Å². The fourth-order valence-corrected chi connectivity index (χ4v) is 6.57. The molecule has 3 amide bonds. The number of rotatable bonds is 5. The van der Waals surface area contributed by atoms with Gasteiger partial charge in [0.15, 0.2) is 0 Å². The Labute approximate surface area is 199 Å². The van der Waals surface area contributed by atoms with E-state index in [4.69, 9.17) is 4.74 Å². The molecule has 2 saturated carbocycles. The number of amides is 3. The van der Waals surface area contributed by atoms with Gasteiger partial charge in [-0.05, 0) is 73.8 Å². The van der Waals surface area contributed by atoms with E-state index >= 15 is 0 Å². The van der Waals surface area contributed by atoms with Crippen LogP contribution in [0, 0.1) is 49.4 Å². The van der Waals surface area contributed by atoms with Crippen molar-refractivity contribution in [3.63, 3.8) is 0 Å². The molecule has 1 aliphatic heterocycles. The minimum absolute atomic E-state index is 0.0839. The summed E-state index contributed by atoms with van der Waals surface area (Å²) < 4.78 is 5.31. The Hall–Kier alpha value is -3.41. The van der Waals surface area contributed by atoms with Gasteiger partial charge in [-0.3, -0.25) is 24.2 Å². The summed E-state index contributed by atoms with van der Waals surface area (Å²) in [6, 6.07) is 12.8. The van der Waals surface area contributed by atoms with Crippen molar-refractivity contribution in [3.05, 3.63) is 71.3 Å². The van der Waals surface area contributed by atoms with E-state index < -0.39 is 0 Å². The number of nitrogens with zero attached hydrogens (tertiary/aromatic N) is 2. The zero-order chi connectivity index (χ0) is 23.7. The molecule has 1 saturated heterocycles. The largest absolute Gasteiger partial charge is 0.497 e. The van der Waals surface area contributed by atoms with Gasteiger partial charge < -0.3 is 4.74 Å². The number of carbonyl (C=O) groups excluding carboxylic acids is 3. The summed E-state index contributed by atoms with van der Waals surface area (Å²) in [5.74, 6) is 0.885. The van der Waals surface area contributed by atoms with Gasteiger partial charge in [-0.2, -0.15) is 0 Å². The zero-order valence-electron chi connectivity index (χ0n) is 19.6. The minimum atomic E-state index is -0.279. The fraction of sp³-hybridized carbons (Fsp3) is 0.393. The van der Waals surface area contributed by atoms with Gasteiger partial charge in [0.25, 0.3) is 5.91 Å². The third-order valence-corrected chi connectivity index (χ3v) is 8.24. The predicted molar refractivity (Wildman–Crippen MR) is 127 cm³/mol. The number of methoxy groups -OCH3 is 1. The summed E-state index contributed by atoms with van der Waals surface area (Å²) in [5, 5.41) is 0. The standard InChI is InChI=1S/C28H28N2O4/c1-15-7-10-23(16(2)11-15)29(26(31)17-5-4-6-18(12-17)34-3)14-30-27(32)24-19-8-9-20(22-13-21(19)22)25(24)28(30)33/h4-12,19-22,24-25H,13-14H2,1-3H3. The first kappa shape index (κ1) is 21.1. The fourth-order valence-electron chi connectivity index (χ4n) is 6.57. The molecule has 5 aliphatic rings. The van der Waals surface area contributed by atoms with E-state index in [2.05, 4.69) is 12.2 Å². The van der Waals surface area contributed by atoms with Gasteiger partial charge in [0.2, 0.25) is 11.8 Å². The highest BCUT2D eigenvalue weighted by Crippen LogP contribution is 2.65. The maximum atomic E-state index is 13.8. The van der Waals surface area contributed by atoms with Crippen LogP contribution in [0.25, 0.3) is 0 Å². The Morgan fingerprint density at radius 2 is 1.68 bits per heavy atom. The van der Waals surface area contributed by atoms with Gasteiger partial charge in [-0.1, -0.05) is 35.9 Å². The van der Waals surface area contributed by atoms with Gasteiger partial charge in [0.1, 0.15) is 12.4 Å². The maximum absolute atomic E-state index is 13.8. The second-order valence-corrected chi connectivity index (χ2v) is 10.2. The first-order valence-electron chi connectivity index (χ1n) is 12.0. The van der Waals surface area contributed by atoms with Crippen LogP contribution in [0.5, 0.6) is 5.75 Å². The van der Waals surface area contributed by atoms with E-state index in [0.717, 1.165) is 17.5 Å². The van der Waals surface area contributed by atoms with E-state index in [1.807, 2.05) is 32.0 Å². The highest BCUT2D eigenvalue weighted by molar-refractivity contribution is 6.10. The molecule has 0 spiro atoms. The zero-order valence-corrected chi connectivity index (χ0v) is 19.6. The van der Waals surface area contributed by atoms with Gasteiger partial charge in [-0.25, -0.2) is 0 Å². The molecule has 174 valence electrons. The average molecular weight is 457 g/mol. The molecule has 6 nitrogen and oxygen atoms in total. The molecule has 1 heterocycles. The van der Waals surface area contributed by atoms with Crippen LogP contribution in [-0.4, -0.2) is 36.4 Å². The number of anilines is 1. The maximum Gasteiger partial charge on any atom is 0.259 e. The van der Waals surface area contributed by atoms with Crippen molar-refractivity contribution in [3.8, 4) is 5.75 Å². The molecule has 3 fully saturated rings. The number of ether oxygens (including phenoxy) is 1. The SMILES string of the molecule is COc1cccc(C(=O)N(CN2C(=O)C3C4C=CC(C5CC45)C3C2=O)c2ccc(C)cc2C)c1. The molecule has 2 aromatic carbocycles. The molecule has 7 rings (SSSR count). The lowest BCUT2D eigenvalue weighted by molar-refractivity contribution is -0.140. The van der Waals surface area contributed by atoms with Gasteiger partial charge >= 0.3 is 0 Å². The van der Waals surface area contributed by atoms with E-state index in [1.54, 1.807) is 36.3 Å². The van der Waals surface area contributed by atoms with Crippen molar-refractivity contribution in [2.75, 3.05) is 18.7 Å². The van der Waals surface area contributed by atoms with Crippen LogP contribution >= 0.6 is 0 Å². The minimum Gasteiger partial charge on any atom is -0.497 e. The Morgan fingerprint density at radius 3 is 2.29 bits per heavy atom. The van der Waals surface area contributed by atoms with E-state index in [-0.39, 0.29) is 48.1 Å². The third kappa shape index (κ3) is 3.04. The van der Waals surface area contributed by atoms with Crippen LogP contribution in [-0.2, 0) is 9.59 Å². The summed E-state index contributed by atoms with van der Waals surface area (Å²) in [5.41, 5.74) is 3.13. The number of benzene rings is 2. The van der Waals surface area contributed by atoms with Crippen molar-refractivity contribution in [1.82, 2.24) is 4.90 Å². The second-order valence-electron chi connectivity index (χ2n) is 10.2. The average Bonchev–Trinajstić information content (AvgIpc) is 3.63.